The fraction of sp³-hybridized carbons (Fsp3) is 0.355. The summed E-state index contributed by atoms with van der Waals surface area (Å²) in [7, 11) is 1.89. The lowest BCUT2D eigenvalue weighted by Gasteiger charge is -2.25. The maximum atomic E-state index is 13.7. The number of rotatable bonds is 8. The predicted molar refractivity (Wildman–Crippen MR) is 150 cm³/mol. The third kappa shape index (κ3) is 4.54. The van der Waals surface area contributed by atoms with Crippen molar-refractivity contribution in [2.75, 3.05) is 11.4 Å². The Bertz CT molecular complexity index is 1660. The first kappa shape index (κ1) is 24.6. The summed E-state index contributed by atoms with van der Waals surface area (Å²) < 4.78 is 1.84. The standard InChI is InChI=1S/C31H30N8O/c1-38-18-35-37-30(38)27-9-20(13-32)5-8-25(27)22-10-28(21-6-7-21)36-29(11-22)39-17-23-15-34-24(12-26(23)31(39)40)16-33-14-19-3-2-4-19/h5,8-12,15,18-19,21,33H,2-4,6-7,14,16-17H2,1H3. The molecule has 4 heterocycles. The zero-order chi connectivity index (χ0) is 27.2. The van der Waals surface area contributed by atoms with E-state index in [2.05, 4.69) is 32.6 Å². The molecule has 3 aliphatic rings. The van der Waals surface area contributed by atoms with Crippen LogP contribution in [-0.2, 0) is 20.1 Å². The lowest BCUT2D eigenvalue weighted by molar-refractivity contribution is 0.0995. The van der Waals surface area contributed by atoms with Crippen molar-refractivity contribution in [3.8, 4) is 28.6 Å². The van der Waals surface area contributed by atoms with Gasteiger partial charge in [0.05, 0.1) is 23.9 Å². The molecule has 0 saturated heterocycles. The minimum Gasteiger partial charge on any atom is -0.317 e. The van der Waals surface area contributed by atoms with Crippen LogP contribution in [0, 0.1) is 17.2 Å². The number of hydrogen-bond donors (Lipinski definition) is 1. The molecule has 0 spiro atoms. The molecule has 9 heteroatoms. The molecule has 7 rings (SSSR count). The Morgan fingerprint density at radius 1 is 1.07 bits per heavy atom. The van der Waals surface area contributed by atoms with E-state index in [4.69, 9.17) is 4.98 Å². The molecule has 0 bridgehead atoms. The SMILES string of the molecule is Cn1cnnc1-c1cc(C#N)ccc1-c1cc(C2CC2)nc(N2Cc3cnc(CNCC4CCC4)cc3C2=O)c1. The Labute approximate surface area is 232 Å². The van der Waals surface area contributed by atoms with Crippen molar-refractivity contribution < 1.29 is 4.79 Å². The largest absolute Gasteiger partial charge is 0.317 e. The molecule has 9 nitrogen and oxygen atoms in total. The van der Waals surface area contributed by atoms with E-state index in [0.717, 1.165) is 58.9 Å². The highest BCUT2D eigenvalue weighted by molar-refractivity contribution is 6.09. The summed E-state index contributed by atoms with van der Waals surface area (Å²) in [6.07, 6.45) is 9.61. The zero-order valence-electron chi connectivity index (χ0n) is 22.5. The average molecular weight is 531 g/mol. The second-order valence-corrected chi connectivity index (χ2v) is 11.2. The van der Waals surface area contributed by atoms with Crippen LogP contribution < -0.4 is 10.2 Å². The van der Waals surface area contributed by atoms with E-state index < -0.39 is 0 Å². The maximum absolute atomic E-state index is 13.7. The molecule has 2 aliphatic carbocycles. The molecule has 200 valence electrons. The van der Waals surface area contributed by atoms with Crippen LogP contribution in [0.3, 0.4) is 0 Å². The van der Waals surface area contributed by atoms with Gasteiger partial charge >= 0.3 is 0 Å². The van der Waals surface area contributed by atoms with Crippen molar-refractivity contribution in [3.05, 3.63) is 77.0 Å². The smallest absolute Gasteiger partial charge is 0.260 e. The number of fused-ring (bicyclic) bond motifs is 1. The Morgan fingerprint density at radius 2 is 1.95 bits per heavy atom. The second kappa shape index (κ2) is 9.96. The molecule has 40 heavy (non-hydrogen) atoms. The minimum atomic E-state index is -0.0441. The fourth-order valence-electron chi connectivity index (χ4n) is 5.62. The molecular weight excluding hydrogens is 500 g/mol. The first-order valence-electron chi connectivity index (χ1n) is 14.0. The van der Waals surface area contributed by atoms with Crippen LogP contribution in [-0.4, -0.2) is 37.2 Å². The van der Waals surface area contributed by atoms with Crippen LogP contribution >= 0.6 is 0 Å². The first-order valence-corrected chi connectivity index (χ1v) is 14.0. The molecule has 0 unspecified atom stereocenters. The van der Waals surface area contributed by atoms with Crippen molar-refractivity contribution in [1.82, 2.24) is 30.0 Å². The van der Waals surface area contributed by atoms with E-state index >= 15 is 0 Å². The third-order valence-corrected chi connectivity index (χ3v) is 8.33. The van der Waals surface area contributed by atoms with Crippen LogP contribution in [0.25, 0.3) is 22.5 Å². The second-order valence-electron chi connectivity index (χ2n) is 11.2. The lowest BCUT2D eigenvalue weighted by atomic mass is 9.85. The number of nitriles is 1. The zero-order valence-corrected chi connectivity index (χ0v) is 22.5. The quantitative estimate of drug-likeness (QED) is 0.350. The number of amides is 1. The van der Waals surface area contributed by atoms with Crippen molar-refractivity contribution in [3.63, 3.8) is 0 Å². The molecule has 1 aromatic carbocycles. The normalized spacial score (nSPS) is 16.6. The third-order valence-electron chi connectivity index (χ3n) is 8.33. The summed E-state index contributed by atoms with van der Waals surface area (Å²) in [5, 5.41) is 21.4. The van der Waals surface area contributed by atoms with Gasteiger partial charge in [-0.15, -0.1) is 10.2 Å². The average Bonchev–Trinajstić information content (AvgIpc) is 3.64. The number of benzene rings is 1. The summed E-state index contributed by atoms with van der Waals surface area (Å²) in [4.78, 5) is 25.1. The number of nitrogens with zero attached hydrogens (tertiary/aromatic N) is 7. The molecule has 4 aromatic rings. The summed E-state index contributed by atoms with van der Waals surface area (Å²) in [6, 6.07) is 13.9. The molecule has 1 N–H and O–H groups in total. The highest BCUT2D eigenvalue weighted by Crippen LogP contribution is 2.43. The van der Waals surface area contributed by atoms with Gasteiger partial charge in [0.15, 0.2) is 5.82 Å². The van der Waals surface area contributed by atoms with Crippen LogP contribution in [0.4, 0.5) is 5.82 Å². The van der Waals surface area contributed by atoms with Gasteiger partial charge in [0, 0.05) is 48.1 Å². The van der Waals surface area contributed by atoms with Crippen LogP contribution in [0.15, 0.2) is 48.9 Å². The number of aryl methyl sites for hydroxylation is 1. The summed E-state index contributed by atoms with van der Waals surface area (Å²) in [5.41, 5.74) is 6.73. The topological polar surface area (TPSA) is 113 Å². The Hall–Kier alpha value is -4.42. The minimum absolute atomic E-state index is 0.0441. The molecule has 1 amide bonds. The number of carbonyl (C=O) groups is 1. The van der Waals surface area contributed by atoms with Gasteiger partial charge < -0.3 is 9.88 Å². The Morgan fingerprint density at radius 3 is 2.67 bits per heavy atom. The van der Waals surface area contributed by atoms with Crippen molar-refractivity contribution in [2.45, 2.75) is 51.1 Å². The predicted octanol–water partition coefficient (Wildman–Crippen LogP) is 4.74. The first-order chi connectivity index (χ1) is 19.6. The highest BCUT2D eigenvalue weighted by atomic mass is 16.2. The van der Waals surface area contributed by atoms with Gasteiger partial charge in [-0.25, -0.2) is 4.98 Å². The molecule has 1 aliphatic heterocycles. The summed E-state index contributed by atoms with van der Waals surface area (Å²) in [6.45, 7) is 2.12. The maximum Gasteiger partial charge on any atom is 0.260 e. The van der Waals surface area contributed by atoms with Gasteiger partial charge in [-0.05, 0) is 79.6 Å². The molecule has 0 radical (unpaired) electrons. The monoisotopic (exact) mass is 530 g/mol. The fourth-order valence-corrected chi connectivity index (χ4v) is 5.62. The van der Waals surface area contributed by atoms with E-state index in [1.165, 1.54) is 19.3 Å². The number of aromatic nitrogens is 5. The number of pyridine rings is 2. The number of hydrogen-bond acceptors (Lipinski definition) is 7. The number of anilines is 1. The van der Waals surface area contributed by atoms with Crippen molar-refractivity contribution in [2.24, 2.45) is 13.0 Å². The molecular formula is C31H30N8O. The van der Waals surface area contributed by atoms with E-state index in [9.17, 15) is 10.1 Å². The van der Waals surface area contributed by atoms with Crippen LogP contribution in [0.1, 0.15) is 70.9 Å². The summed E-state index contributed by atoms with van der Waals surface area (Å²) in [5.74, 6) is 2.44. The van der Waals surface area contributed by atoms with E-state index in [1.54, 1.807) is 11.2 Å². The Balaban J connectivity index is 1.22. The van der Waals surface area contributed by atoms with Crippen LogP contribution in [0.5, 0.6) is 0 Å². The van der Waals surface area contributed by atoms with Gasteiger partial charge in [0.25, 0.3) is 5.91 Å². The number of carbonyl (C=O) groups excluding carboxylic acids is 1. The Kier molecular flexibility index (Phi) is 6.13. The van der Waals surface area contributed by atoms with Gasteiger partial charge in [-0.3, -0.25) is 14.7 Å². The van der Waals surface area contributed by atoms with Gasteiger partial charge in [-0.2, -0.15) is 5.26 Å². The van der Waals surface area contributed by atoms with E-state index in [-0.39, 0.29) is 5.91 Å². The van der Waals surface area contributed by atoms with Gasteiger partial charge in [-0.1, -0.05) is 12.5 Å². The molecule has 3 aromatic heterocycles. The molecule has 2 saturated carbocycles. The van der Waals surface area contributed by atoms with E-state index in [0.29, 0.717) is 41.8 Å². The van der Waals surface area contributed by atoms with Crippen LogP contribution in [0.2, 0.25) is 0 Å². The number of nitrogens with one attached hydrogen (secondary N) is 1. The van der Waals surface area contributed by atoms with Gasteiger partial charge in [0.1, 0.15) is 12.1 Å². The van der Waals surface area contributed by atoms with Crippen molar-refractivity contribution in [1.29, 1.82) is 5.26 Å². The highest BCUT2D eigenvalue weighted by Gasteiger charge is 2.33. The van der Waals surface area contributed by atoms with Crippen molar-refractivity contribution >= 4 is 11.7 Å². The molecule has 0 atom stereocenters. The van der Waals surface area contributed by atoms with E-state index in [1.807, 2.05) is 48.1 Å². The van der Waals surface area contributed by atoms with Gasteiger partial charge in [0.2, 0.25) is 0 Å². The lowest BCUT2D eigenvalue weighted by Crippen LogP contribution is -2.27. The molecule has 2 fully saturated rings. The summed E-state index contributed by atoms with van der Waals surface area (Å²) >= 11 is 0.